The Balaban J connectivity index is 2.69. The van der Waals surface area contributed by atoms with Crippen LogP contribution in [0.2, 0.25) is 5.02 Å². The van der Waals surface area contributed by atoms with Gasteiger partial charge in [-0.05, 0) is 30.7 Å². The van der Waals surface area contributed by atoms with Crippen molar-refractivity contribution in [2.75, 3.05) is 10.8 Å². The minimum absolute atomic E-state index is 0.0461. The van der Waals surface area contributed by atoms with Crippen molar-refractivity contribution in [3.05, 3.63) is 75.8 Å². The van der Waals surface area contributed by atoms with Gasteiger partial charge in [-0.15, -0.1) is 6.58 Å². The topological polar surface area (TPSA) is 80.5 Å². The van der Waals surface area contributed by atoms with Crippen molar-refractivity contribution in [3.8, 4) is 0 Å². The molecule has 6 nitrogen and oxygen atoms in total. The van der Waals surface area contributed by atoms with Crippen LogP contribution in [0.1, 0.15) is 5.56 Å². The number of nitro benzene ring substituents is 1. The van der Waals surface area contributed by atoms with E-state index in [1.165, 1.54) is 30.3 Å². The van der Waals surface area contributed by atoms with Crippen LogP contribution >= 0.6 is 11.6 Å². The average molecular weight is 367 g/mol. The van der Waals surface area contributed by atoms with Crippen LogP contribution in [-0.2, 0) is 10.0 Å². The molecule has 0 fully saturated rings. The summed E-state index contributed by atoms with van der Waals surface area (Å²) in [4.78, 5) is 10.1. The van der Waals surface area contributed by atoms with Gasteiger partial charge in [-0.25, -0.2) is 8.42 Å². The fraction of sp³-hybridized carbons (Fsp3) is 0.125. The maximum Gasteiger partial charge on any atom is 0.289 e. The van der Waals surface area contributed by atoms with Crippen LogP contribution < -0.4 is 4.31 Å². The van der Waals surface area contributed by atoms with Gasteiger partial charge in [0.2, 0.25) is 0 Å². The highest BCUT2D eigenvalue weighted by atomic mass is 35.5. The van der Waals surface area contributed by atoms with Crippen molar-refractivity contribution in [2.24, 2.45) is 0 Å². The summed E-state index contributed by atoms with van der Waals surface area (Å²) in [5.41, 5.74) is 0.537. The Hall–Kier alpha value is -2.38. The van der Waals surface area contributed by atoms with Crippen molar-refractivity contribution in [3.63, 3.8) is 0 Å². The lowest BCUT2D eigenvalue weighted by Crippen LogP contribution is -2.32. The number of para-hydroxylation sites is 1. The summed E-state index contributed by atoms with van der Waals surface area (Å²) in [6.07, 6.45) is 1.41. The zero-order chi connectivity index (χ0) is 17.9. The molecule has 0 aromatic heterocycles. The van der Waals surface area contributed by atoms with Gasteiger partial charge in [0.1, 0.15) is 0 Å². The summed E-state index contributed by atoms with van der Waals surface area (Å²) in [7, 11) is -4.17. The van der Waals surface area contributed by atoms with Gasteiger partial charge in [0, 0.05) is 11.1 Å². The van der Waals surface area contributed by atoms with E-state index in [9.17, 15) is 18.5 Å². The fourth-order valence-corrected chi connectivity index (χ4v) is 4.06. The lowest BCUT2D eigenvalue weighted by atomic mass is 10.2. The second kappa shape index (κ2) is 7.02. The molecule has 0 spiro atoms. The lowest BCUT2D eigenvalue weighted by molar-refractivity contribution is -0.387. The van der Waals surface area contributed by atoms with Crippen LogP contribution in [0.3, 0.4) is 0 Å². The first-order valence-electron chi connectivity index (χ1n) is 6.92. The molecular weight excluding hydrogens is 352 g/mol. The third-order valence-corrected chi connectivity index (χ3v) is 5.43. The molecule has 2 rings (SSSR count). The Labute approximate surface area is 145 Å². The first-order valence-corrected chi connectivity index (χ1v) is 8.74. The summed E-state index contributed by atoms with van der Waals surface area (Å²) < 4.78 is 27.1. The smallest absolute Gasteiger partial charge is 0.262 e. The molecule has 0 heterocycles. The third-order valence-electron chi connectivity index (χ3n) is 3.36. The van der Waals surface area contributed by atoms with Gasteiger partial charge in [-0.1, -0.05) is 35.9 Å². The molecule has 126 valence electrons. The molecular formula is C16H15ClN2O4S. The second-order valence-corrected chi connectivity index (χ2v) is 7.25. The molecule has 2 aromatic rings. The summed E-state index contributed by atoms with van der Waals surface area (Å²) in [5.74, 6) is 0. The normalized spacial score (nSPS) is 11.1. The first kappa shape index (κ1) is 18.0. The van der Waals surface area contributed by atoms with Crippen LogP contribution in [-0.4, -0.2) is 19.9 Å². The monoisotopic (exact) mass is 366 g/mol. The van der Waals surface area contributed by atoms with Crippen LogP contribution in [0.25, 0.3) is 0 Å². The predicted molar refractivity (Wildman–Crippen MR) is 94.0 cm³/mol. The number of halogens is 1. The number of hydrogen-bond acceptors (Lipinski definition) is 4. The number of nitrogens with zero attached hydrogens (tertiary/aromatic N) is 2. The van der Waals surface area contributed by atoms with Crippen molar-refractivity contribution in [1.82, 2.24) is 0 Å². The zero-order valence-electron chi connectivity index (χ0n) is 12.8. The highest BCUT2D eigenvalue weighted by Gasteiger charge is 2.31. The summed E-state index contributed by atoms with van der Waals surface area (Å²) in [5, 5.41) is 11.6. The van der Waals surface area contributed by atoms with Crippen molar-refractivity contribution in [2.45, 2.75) is 11.8 Å². The predicted octanol–water partition coefficient (Wildman–Crippen LogP) is 3.94. The molecule has 0 saturated carbocycles. The van der Waals surface area contributed by atoms with E-state index in [2.05, 4.69) is 6.58 Å². The van der Waals surface area contributed by atoms with E-state index in [1.807, 2.05) is 0 Å². The van der Waals surface area contributed by atoms with Crippen molar-refractivity contribution in [1.29, 1.82) is 0 Å². The van der Waals surface area contributed by atoms with Crippen molar-refractivity contribution >= 4 is 33.0 Å². The maximum atomic E-state index is 13.0. The molecule has 0 bridgehead atoms. The molecule has 2 aromatic carbocycles. The van der Waals surface area contributed by atoms with E-state index in [0.29, 0.717) is 16.3 Å². The van der Waals surface area contributed by atoms with Crippen LogP contribution in [0.15, 0.2) is 60.0 Å². The third kappa shape index (κ3) is 3.42. The molecule has 0 radical (unpaired) electrons. The van der Waals surface area contributed by atoms with E-state index in [4.69, 9.17) is 11.6 Å². The van der Waals surface area contributed by atoms with E-state index < -0.39 is 20.6 Å². The number of hydrogen-bond donors (Lipinski definition) is 0. The lowest BCUT2D eigenvalue weighted by Gasteiger charge is -2.24. The molecule has 8 heteroatoms. The number of benzene rings is 2. The van der Waals surface area contributed by atoms with Gasteiger partial charge in [0.25, 0.3) is 15.7 Å². The molecule has 0 aliphatic rings. The van der Waals surface area contributed by atoms with E-state index in [0.717, 1.165) is 10.4 Å². The molecule has 0 N–H and O–H groups in total. The number of rotatable bonds is 6. The Morgan fingerprint density at radius 1 is 1.29 bits per heavy atom. The molecule has 0 aliphatic carbocycles. The van der Waals surface area contributed by atoms with Gasteiger partial charge in [0.15, 0.2) is 4.90 Å². The highest BCUT2D eigenvalue weighted by Crippen LogP contribution is 2.32. The van der Waals surface area contributed by atoms with Gasteiger partial charge in [-0.3, -0.25) is 14.4 Å². The van der Waals surface area contributed by atoms with Crippen molar-refractivity contribution < 1.29 is 13.3 Å². The first-order chi connectivity index (χ1) is 11.3. The Kier molecular flexibility index (Phi) is 5.26. The van der Waals surface area contributed by atoms with E-state index in [1.54, 1.807) is 19.1 Å². The standard InChI is InChI=1S/C16H15ClN2O4S/c1-3-10-18(15-11-13(17)9-8-12(15)2)24(22,23)16-7-5-4-6-14(16)19(20)21/h3-9,11H,1,10H2,2H3. The van der Waals surface area contributed by atoms with Gasteiger partial charge in [-0.2, -0.15) is 0 Å². The second-order valence-electron chi connectivity index (χ2n) is 4.98. The Bertz CT molecular complexity index is 897. The largest absolute Gasteiger partial charge is 0.289 e. The minimum Gasteiger partial charge on any atom is -0.262 e. The highest BCUT2D eigenvalue weighted by molar-refractivity contribution is 7.93. The average Bonchev–Trinajstić information content (AvgIpc) is 2.55. The van der Waals surface area contributed by atoms with Gasteiger partial charge < -0.3 is 0 Å². The SMILES string of the molecule is C=CCN(c1cc(Cl)ccc1C)S(=O)(=O)c1ccccc1[N+](=O)[O-]. The summed E-state index contributed by atoms with van der Waals surface area (Å²) in [6, 6.07) is 10.1. The number of anilines is 1. The van der Waals surface area contributed by atoms with Crippen LogP contribution in [0.4, 0.5) is 11.4 Å². The van der Waals surface area contributed by atoms with E-state index >= 15 is 0 Å². The molecule has 0 aliphatic heterocycles. The molecule has 0 atom stereocenters. The van der Waals surface area contributed by atoms with Crippen LogP contribution in [0.5, 0.6) is 0 Å². The zero-order valence-corrected chi connectivity index (χ0v) is 14.4. The summed E-state index contributed by atoms with van der Waals surface area (Å²) in [6.45, 7) is 5.26. The Morgan fingerprint density at radius 2 is 1.96 bits per heavy atom. The fourth-order valence-electron chi connectivity index (χ4n) is 2.24. The number of sulfonamides is 1. The number of aryl methyl sites for hydroxylation is 1. The van der Waals surface area contributed by atoms with Gasteiger partial charge >= 0.3 is 0 Å². The Morgan fingerprint density at radius 3 is 2.58 bits per heavy atom. The van der Waals surface area contributed by atoms with Gasteiger partial charge in [0.05, 0.1) is 17.2 Å². The van der Waals surface area contributed by atoms with E-state index in [-0.39, 0.29) is 11.4 Å². The van der Waals surface area contributed by atoms with Crippen LogP contribution in [0, 0.1) is 17.0 Å². The minimum atomic E-state index is -4.17. The molecule has 0 amide bonds. The number of nitro groups is 1. The maximum absolute atomic E-state index is 13.0. The molecule has 24 heavy (non-hydrogen) atoms. The molecule has 0 saturated heterocycles. The quantitative estimate of drug-likeness (QED) is 0.440. The molecule has 0 unspecified atom stereocenters. The summed E-state index contributed by atoms with van der Waals surface area (Å²) >= 11 is 5.98.